The molecule has 0 unspecified atom stereocenters. The van der Waals surface area contributed by atoms with Crippen molar-refractivity contribution in [1.29, 1.82) is 0 Å². The van der Waals surface area contributed by atoms with E-state index in [9.17, 15) is 27.2 Å². The molecule has 0 aliphatic carbocycles. The molecule has 6 nitrogen and oxygen atoms in total. The molecule has 156 valence electrons. The number of carbonyl (C=O) groups is 2. The number of hydrogen-bond acceptors (Lipinski definition) is 5. The van der Waals surface area contributed by atoms with E-state index in [1.54, 1.807) is 6.92 Å². The lowest BCUT2D eigenvalue weighted by Gasteiger charge is -2.15. The third-order valence-corrected chi connectivity index (χ3v) is 3.54. The van der Waals surface area contributed by atoms with Crippen LogP contribution in [0.2, 0.25) is 0 Å². The zero-order valence-electron chi connectivity index (χ0n) is 15.4. The van der Waals surface area contributed by atoms with Crippen molar-refractivity contribution in [2.24, 2.45) is 0 Å². The summed E-state index contributed by atoms with van der Waals surface area (Å²) in [6, 6.07) is 6.17. The summed E-state index contributed by atoms with van der Waals surface area (Å²) in [4.78, 5) is 24.3. The van der Waals surface area contributed by atoms with Crippen LogP contribution in [0.5, 0.6) is 11.5 Å². The quantitative estimate of drug-likeness (QED) is 0.518. The van der Waals surface area contributed by atoms with Crippen LogP contribution >= 0.6 is 0 Å². The number of esters is 1. The highest BCUT2D eigenvalue weighted by molar-refractivity contribution is 5.97. The van der Waals surface area contributed by atoms with Gasteiger partial charge in [-0.2, -0.15) is 8.78 Å². The van der Waals surface area contributed by atoms with Crippen LogP contribution in [-0.2, 0) is 9.53 Å². The number of amides is 1. The number of ether oxygens (including phenoxy) is 3. The van der Waals surface area contributed by atoms with Crippen LogP contribution in [0.25, 0.3) is 0 Å². The molecule has 1 atom stereocenters. The Bertz CT molecular complexity index is 891. The summed E-state index contributed by atoms with van der Waals surface area (Å²) >= 11 is 0. The van der Waals surface area contributed by atoms with E-state index < -0.39 is 36.2 Å². The predicted molar refractivity (Wildman–Crippen MR) is 94.1 cm³/mol. The third kappa shape index (κ3) is 6.09. The fourth-order valence-electron chi connectivity index (χ4n) is 2.20. The van der Waals surface area contributed by atoms with Crippen LogP contribution in [0.1, 0.15) is 24.2 Å². The summed E-state index contributed by atoms with van der Waals surface area (Å²) in [7, 11) is 0. The number of halogens is 4. The van der Waals surface area contributed by atoms with E-state index in [1.165, 1.54) is 13.0 Å². The van der Waals surface area contributed by atoms with Crippen LogP contribution in [0.15, 0.2) is 36.4 Å². The van der Waals surface area contributed by atoms with Gasteiger partial charge in [-0.15, -0.1) is 0 Å². The van der Waals surface area contributed by atoms with Gasteiger partial charge in [0.05, 0.1) is 12.2 Å². The maximum Gasteiger partial charge on any atom is 0.387 e. The van der Waals surface area contributed by atoms with Crippen molar-refractivity contribution < 1.29 is 41.4 Å². The van der Waals surface area contributed by atoms with Gasteiger partial charge >= 0.3 is 12.6 Å². The first-order chi connectivity index (χ1) is 13.7. The zero-order chi connectivity index (χ0) is 21.6. The molecule has 0 spiro atoms. The van der Waals surface area contributed by atoms with Crippen molar-refractivity contribution in [3.8, 4) is 11.5 Å². The SMILES string of the molecule is CCOc1cc(C(=O)O[C@H](C)C(=O)Nc2ccc(F)c(F)c2)ccc1OC(F)F. The van der Waals surface area contributed by atoms with Gasteiger partial charge in [0.15, 0.2) is 29.2 Å². The molecule has 0 fully saturated rings. The first-order valence-corrected chi connectivity index (χ1v) is 8.39. The number of rotatable bonds is 8. The Kier molecular flexibility index (Phi) is 7.40. The largest absolute Gasteiger partial charge is 0.490 e. The lowest BCUT2D eigenvalue weighted by molar-refractivity contribution is -0.123. The smallest absolute Gasteiger partial charge is 0.387 e. The number of alkyl halides is 2. The van der Waals surface area contributed by atoms with E-state index in [-0.39, 0.29) is 29.4 Å². The van der Waals surface area contributed by atoms with E-state index in [0.717, 1.165) is 30.3 Å². The molecule has 0 aliphatic rings. The molecular formula is C19H17F4NO5. The standard InChI is InChI=1S/C19H17F4NO5/c1-3-27-16-8-11(4-7-15(16)29-19(22)23)18(26)28-10(2)17(25)24-12-5-6-13(20)14(21)9-12/h4-10,19H,3H2,1-2H3,(H,24,25)/t10-/m1/s1. The van der Waals surface area contributed by atoms with Crippen LogP contribution in [0.4, 0.5) is 23.2 Å². The summed E-state index contributed by atoms with van der Waals surface area (Å²) < 4.78 is 65.5. The number of benzene rings is 2. The van der Waals surface area contributed by atoms with Crippen LogP contribution in [-0.4, -0.2) is 31.2 Å². The third-order valence-electron chi connectivity index (χ3n) is 3.54. The van der Waals surface area contributed by atoms with E-state index in [4.69, 9.17) is 9.47 Å². The summed E-state index contributed by atoms with van der Waals surface area (Å²) in [5.74, 6) is -4.30. The highest BCUT2D eigenvalue weighted by Crippen LogP contribution is 2.30. The molecule has 0 saturated heterocycles. The minimum absolute atomic E-state index is 0.0241. The molecule has 0 bridgehead atoms. The van der Waals surface area contributed by atoms with Gasteiger partial charge in [-0.1, -0.05) is 0 Å². The molecule has 0 aliphatic heterocycles. The van der Waals surface area contributed by atoms with Crippen molar-refractivity contribution in [2.45, 2.75) is 26.6 Å². The van der Waals surface area contributed by atoms with Gasteiger partial charge in [0, 0.05) is 11.8 Å². The molecule has 2 aromatic carbocycles. The van der Waals surface area contributed by atoms with Gasteiger partial charge in [-0.05, 0) is 44.2 Å². The Morgan fingerprint density at radius 1 is 1.03 bits per heavy atom. The van der Waals surface area contributed by atoms with Gasteiger partial charge in [-0.3, -0.25) is 4.79 Å². The summed E-state index contributed by atoms with van der Waals surface area (Å²) in [5, 5.41) is 2.28. The zero-order valence-corrected chi connectivity index (χ0v) is 15.4. The Morgan fingerprint density at radius 3 is 2.38 bits per heavy atom. The van der Waals surface area contributed by atoms with Gasteiger partial charge in [0.1, 0.15) is 0 Å². The maximum absolute atomic E-state index is 13.2. The highest BCUT2D eigenvalue weighted by Gasteiger charge is 2.21. The lowest BCUT2D eigenvalue weighted by atomic mass is 10.2. The van der Waals surface area contributed by atoms with Crippen molar-refractivity contribution >= 4 is 17.6 Å². The molecule has 0 radical (unpaired) electrons. The summed E-state index contributed by atoms with van der Waals surface area (Å²) in [6.07, 6.45) is -1.29. The lowest BCUT2D eigenvalue weighted by Crippen LogP contribution is -2.30. The second kappa shape index (κ2) is 9.76. The molecule has 0 aromatic heterocycles. The molecular weight excluding hydrogens is 398 g/mol. The van der Waals surface area contributed by atoms with Gasteiger partial charge in [0.2, 0.25) is 0 Å². The Hall–Kier alpha value is -3.30. The van der Waals surface area contributed by atoms with E-state index in [0.29, 0.717) is 0 Å². The Morgan fingerprint density at radius 2 is 1.76 bits per heavy atom. The fourth-order valence-corrected chi connectivity index (χ4v) is 2.20. The van der Waals surface area contributed by atoms with Crippen molar-refractivity contribution in [3.63, 3.8) is 0 Å². The topological polar surface area (TPSA) is 73.9 Å². The van der Waals surface area contributed by atoms with Gasteiger partial charge < -0.3 is 19.5 Å². The summed E-state index contributed by atoms with van der Waals surface area (Å²) in [6.45, 7) is -0.0651. The van der Waals surface area contributed by atoms with Crippen molar-refractivity contribution in [3.05, 3.63) is 53.6 Å². The van der Waals surface area contributed by atoms with Crippen molar-refractivity contribution in [2.75, 3.05) is 11.9 Å². The van der Waals surface area contributed by atoms with Gasteiger partial charge in [0.25, 0.3) is 5.91 Å². The van der Waals surface area contributed by atoms with E-state index in [1.807, 2.05) is 0 Å². The molecule has 1 amide bonds. The predicted octanol–water partition coefficient (Wildman–Crippen LogP) is 4.15. The molecule has 2 aromatic rings. The number of hydrogen-bond donors (Lipinski definition) is 1. The number of nitrogens with one attached hydrogen (secondary N) is 1. The minimum Gasteiger partial charge on any atom is -0.490 e. The molecule has 0 saturated carbocycles. The average Bonchev–Trinajstić information content (AvgIpc) is 2.65. The minimum atomic E-state index is -3.08. The monoisotopic (exact) mass is 415 g/mol. The normalized spacial score (nSPS) is 11.7. The van der Waals surface area contributed by atoms with Crippen LogP contribution < -0.4 is 14.8 Å². The number of carbonyl (C=O) groups excluding carboxylic acids is 2. The Labute approximate surface area is 163 Å². The second-order valence-electron chi connectivity index (χ2n) is 5.64. The summed E-state index contributed by atoms with van der Waals surface area (Å²) in [5.41, 5.74) is -0.0912. The highest BCUT2D eigenvalue weighted by atomic mass is 19.3. The average molecular weight is 415 g/mol. The molecule has 10 heteroatoms. The van der Waals surface area contributed by atoms with Gasteiger partial charge in [-0.25, -0.2) is 13.6 Å². The number of anilines is 1. The molecule has 2 rings (SSSR count). The fraction of sp³-hybridized carbons (Fsp3) is 0.263. The molecule has 29 heavy (non-hydrogen) atoms. The van der Waals surface area contributed by atoms with E-state index >= 15 is 0 Å². The first-order valence-electron chi connectivity index (χ1n) is 8.39. The van der Waals surface area contributed by atoms with Crippen LogP contribution in [0.3, 0.4) is 0 Å². The first kappa shape index (κ1) is 22.0. The second-order valence-corrected chi connectivity index (χ2v) is 5.64. The van der Waals surface area contributed by atoms with Crippen molar-refractivity contribution in [1.82, 2.24) is 0 Å². The maximum atomic E-state index is 13.2. The van der Waals surface area contributed by atoms with Crippen LogP contribution in [0, 0.1) is 11.6 Å². The molecule has 0 heterocycles. The Balaban J connectivity index is 2.06. The molecule has 1 N–H and O–H groups in total. The van der Waals surface area contributed by atoms with E-state index in [2.05, 4.69) is 10.1 Å².